The standard InChI is InChI=1S/C14H15NO3S/c1-9-2-4-10(5-3-9)19(17,18)15-13-7-6-11-12(8-16)14(11)13/h2-8,11-15H,1H3/t11-,12-,13+,14-/m0/s1. The van der Waals surface area contributed by atoms with Crippen molar-refractivity contribution in [1.29, 1.82) is 0 Å². The largest absolute Gasteiger partial charge is 0.303 e. The van der Waals surface area contributed by atoms with Gasteiger partial charge in [-0.2, -0.15) is 0 Å². The summed E-state index contributed by atoms with van der Waals surface area (Å²) in [6, 6.07) is 6.47. The van der Waals surface area contributed by atoms with Crippen molar-refractivity contribution in [3.63, 3.8) is 0 Å². The minimum Gasteiger partial charge on any atom is -0.303 e. The molecule has 2 aliphatic rings. The molecule has 4 atom stereocenters. The number of fused-ring (bicyclic) bond motifs is 1. The topological polar surface area (TPSA) is 63.2 Å². The molecule has 0 heterocycles. The van der Waals surface area contributed by atoms with Crippen LogP contribution < -0.4 is 4.72 Å². The van der Waals surface area contributed by atoms with Crippen molar-refractivity contribution >= 4 is 16.3 Å². The number of carbonyl (C=O) groups excluding carboxylic acids is 1. The second kappa shape index (κ2) is 4.28. The van der Waals surface area contributed by atoms with Crippen LogP contribution in [0, 0.1) is 24.7 Å². The molecule has 4 nitrogen and oxygen atoms in total. The van der Waals surface area contributed by atoms with Crippen LogP contribution in [0.15, 0.2) is 41.3 Å². The number of benzene rings is 1. The predicted octanol–water partition coefficient (Wildman–Crippen LogP) is 1.27. The Labute approximate surface area is 112 Å². The van der Waals surface area contributed by atoms with E-state index < -0.39 is 10.0 Å². The van der Waals surface area contributed by atoms with Gasteiger partial charge in [0.2, 0.25) is 10.0 Å². The highest BCUT2D eigenvalue weighted by atomic mass is 32.2. The summed E-state index contributed by atoms with van der Waals surface area (Å²) in [6.07, 6.45) is 4.71. The van der Waals surface area contributed by atoms with Gasteiger partial charge >= 0.3 is 0 Å². The molecule has 1 fully saturated rings. The number of aryl methyl sites for hydroxylation is 1. The summed E-state index contributed by atoms with van der Waals surface area (Å²) in [4.78, 5) is 11.1. The number of rotatable bonds is 4. The average Bonchev–Trinajstić information content (AvgIpc) is 2.95. The van der Waals surface area contributed by atoms with Gasteiger partial charge in [0, 0.05) is 12.0 Å². The van der Waals surface area contributed by atoms with Crippen LogP contribution in [0.4, 0.5) is 0 Å². The van der Waals surface area contributed by atoms with Crippen molar-refractivity contribution in [2.45, 2.75) is 17.9 Å². The molecule has 0 aromatic heterocycles. The van der Waals surface area contributed by atoms with Crippen LogP contribution in [0.2, 0.25) is 0 Å². The highest BCUT2D eigenvalue weighted by Crippen LogP contribution is 2.52. The van der Waals surface area contributed by atoms with Gasteiger partial charge in [-0.25, -0.2) is 13.1 Å². The smallest absolute Gasteiger partial charge is 0.241 e. The molecule has 1 aromatic carbocycles. The van der Waals surface area contributed by atoms with Crippen molar-refractivity contribution < 1.29 is 13.2 Å². The molecule has 1 N–H and O–H groups in total. The van der Waals surface area contributed by atoms with Crippen LogP contribution in [0.5, 0.6) is 0 Å². The summed E-state index contributed by atoms with van der Waals surface area (Å²) in [5, 5.41) is 0. The molecule has 0 radical (unpaired) electrons. The second-order valence-corrected chi connectivity index (χ2v) is 6.93. The quantitative estimate of drug-likeness (QED) is 0.666. The first-order chi connectivity index (χ1) is 9.03. The van der Waals surface area contributed by atoms with Gasteiger partial charge < -0.3 is 4.79 Å². The summed E-state index contributed by atoms with van der Waals surface area (Å²) in [7, 11) is -3.52. The first kappa shape index (κ1) is 12.6. The van der Waals surface area contributed by atoms with Crippen LogP contribution in [0.25, 0.3) is 0 Å². The number of hydrogen-bond donors (Lipinski definition) is 1. The monoisotopic (exact) mass is 277 g/mol. The lowest BCUT2D eigenvalue weighted by atomic mass is 10.2. The zero-order valence-electron chi connectivity index (χ0n) is 10.5. The molecule has 1 saturated carbocycles. The second-order valence-electron chi connectivity index (χ2n) is 5.21. The number of nitrogens with one attached hydrogen (secondary N) is 1. The summed E-state index contributed by atoms with van der Waals surface area (Å²) >= 11 is 0. The Morgan fingerprint density at radius 3 is 2.42 bits per heavy atom. The molecule has 1 aromatic rings. The lowest BCUT2D eigenvalue weighted by Gasteiger charge is -2.13. The Morgan fingerprint density at radius 2 is 1.84 bits per heavy atom. The van der Waals surface area contributed by atoms with Crippen LogP contribution in [-0.4, -0.2) is 20.7 Å². The maximum atomic E-state index is 12.2. The number of carbonyl (C=O) groups is 1. The fourth-order valence-electron chi connectivity index (χ4n) is 2.76. The third kappa shape index (κ3) is 2.13. The Hall–Kier alpha value is -1.46. The fourth-order valence-corrected chi connectivity index (χ4v) is 3.99. The SMILES string of the molecule is Cc1ccc(S(=O)(=O)N[C@@H]2C=C[C@H]3[C@H](C=O)[C@H]32)cc1. The number of allylic oxidation sites excluding steroid dienone is 1. The predicted molar refractivity (Wildman–Crippen MR) is 71.0 cm³/mol. The number of aldehydes is 1. The molecule has 0 bridgehead atoms. The van der Waals surface area contributed by atoms with Crippen molar-refractivity contribution in [3.05, 3.63) is 42.0 Å². The van der Waals surface area contributed by atoms with E-state index in [0.717, 1.165) is 11.8 Å². The van der Waals surface area contributed by atoms with Crippen molar-refractivity contribution in [2.24, 2.45) is 17.8 Å². The maximum absolute atomic E-state index is 12.2. The van der Waals surface area contributed by atoms with Gasteiger partial charge in [-0.3, -0.25) is 0 Å². The van der Waals surface area contributed by atoms with Crippen LogP contribution in [0.3, 0.4) is 0 Å². The van der Waals surface area contributed by atoms with Gasteiger partial charge in [0.1, 0.15) is 6.29 Å². The summed E-state index contributed by atoms with van der Waals surface area (Å²) in [6.45, 7) is 1.91. The van der Waals surface area contributed by atoms with E-state index in [1.165, 1.54) is 0 Å². The van der Waals surface area contributed by atoms with Crippen LogP contribution in [-0.2, 0) is 14.8 Å². The minimum absolute atomic E-state index is 0.0179. The average molecular weight is 277 g/mol. The zero-order chi connectivity index (χ0) is 13.6. The third-order valence-corrected chi connectivity index (χ3v) is 5.40. The highest BCUT2D eigenvalue weighted by Gasteiger charge is 2.55. The molecule has 0 unspecified atom stereocenters. The lowest BCUT2D eigenvalue weighted by molar-refractivity contribution is -0.109. The van der Waals surface area contributed by atoms with E-state index in [1.807, 2.05) is 19.1 Å². The molecule has 0 amide bonds. The summed E-state index contributed by atoms with van der Waals surface area (Å²) in [5.41, 5.74) is 1.02. The van der Waals surface area contributed by atoms with E-state index in [4.69, 9.17) is 0 Å². The van der Waals surface area contributed by atoms with Crippen molar-refractivity contribution in [2.75, 3.05) is 0 Å². The molecular weight excluding hydrogens is 262 g/mol. The Balaban J connectivity index is 1.78. The molecule has 2 aliphatic carbocycles. The van der Waals surface area contributed by atoms with Gasteiger partial charge in [-0.15, -0.1) is 0 Å². The molecular formula is C14H15NO3S. The zero-order valence-corrected chi connectivity index (χ0v) is 11.3. The van der Waals surface area contributed by atoms with E-state index >= 15 is 0 Å². The van der Waals surface area contributed by atoms with Gasteiger partial charge in [-0.1, -0.05) is 29.8 Å². The van der Waals surface area contributed by atoms with Gasteiger partial charge in [-0.05, 0) is 30.9 Å². The minimum atomic E-state index is -3.52. The Bertz CT molecular complexity index is 629. The third-order valence-electron chi connectivity index (χ3n) is 3.93. The molecule has 0 saturated heterocycles. The first-order valence-electron chi connectivity index (χ1n) is 6.25. The Morgan fingerprint density at radius 1 is 1.16 bits per heavy atom. The summed E-state index contributed by atoms with van der Waals surface area (Å²) < 4.78 is 27.1. The van der Waals surface area contributed by atoms with E-state index in [9.17, 15) is 13.2 Å². The van der Waals surface area contributed by atoms with Gasteiger partial charge in [0.15, 0.2) is 0 Å². The van der Waals surface area contributed by atoms with E-state index in [-0.39, 0.29) is 28.7 Å². The fraction of sp³-hybridized carbons (Fsp3) is 0.357. The van der Waals surface area contributed by atoms with Gasteiger partial charge in [0.05, 0.1) is 4.90 Å². The Kier molecular flexibility index (Phi) is 2.83. The normalized spacial score (nSPS) is 32.1. The molecule has 0 aliphatic heterocycles. The lowest BCUT2D eigenvalue weighted by Crippen LogP contribution is -2.34. The van der Waals surface area contributed by atoms with Crippen molar-refractivity contribution in [3.8, 4) is 0 Å². The van der Waals surface area contributed by atoms with Crippen molar-refractivity contribution in [1.82, 2.24) is 4.72 Å². The molecule has 100 valence electrons. The van der Waals surface area contributed by atoms with Crippen LogP contribution >= 0.6 is 0 Å². The summed E-state index contributed by atoms with van der Waals surface area (Å²) in [5.74, 6) is 0.316. The van der Waals surface area contributed by atoms with Gasteiger partial charge in [0.25, 0.3) is 0 Å². The van der Waals surface area contributed by atoms with E-state index in [2.05, 4.69) is 4.72 Å². The first-order valence-corrected chi connectivity index (χ1v) is 7.74. The highest BCUT2D eigenvalue weighted by molar-refractivity contribution is 7.89. The number of sulfonamides is 1. The molecule has 19 heavy (non-hydrogen) atoms. The molecule has 5 heteroatoms. The van der Waals surface area contributed by atoms with Crippen LogP contribution in [0.1, 0.15) is 5.56 Å². The number of hydrogen-bond acceptors (Lipinski definition) is 3. The molecule has 3 rings (SSSR count). The van der Waals surface area contributed by atoms with E-state index in [0.29, 0.717) is 0 Å². The molecule has 0 spiro atoms. The maximum Gasteiger partial charge on any atom is 0.241 e. The van der Waals surface area contributed by atoms with E-state index in [1.54, 1.807) is 24.3 Å².